The van der Waals surface area contributed by atoms with Crippen molar-refractivity contribution in [1.82, 2.24) is 4.90 Å². The lowest BCUT2D eigenvalue weighted by Gasteiger charge is -2.27. The molecule has 70 valence electrons. The molecule has 1 atom stereocenters. The highest BCUT2D eigenvalue weighted by Crippen LogP contribution is 2.03. The van der Waals surface area contributed by atoms with Gasteiger partial charge in [0.2, 0.25) is 0 Å². The number of halogens is 1. The Kier molecular flexibility index (Phi) is 3.78. The minimum absolute atomic E-state index is 0.403. The molecule has 1 saturated heterocycles. The Labute approximate surface area is 76.1 Å². The first kappa shape index (κ1) is 9.77. The van der Waals surface area contributed by atoms with E-state index in [0.717, 1.165) is 13.1 Å². The van der Waals surface area contributed by atoms with Crippen LogP contribution in [0.4, 0.5) is 0 Å². The lowest BCUT2D eigenvalue weighted by atomic mass is 10.3. The van der Waals surface area contributed by atoms with Crippen LogP contribution in [-0.2, 0) is 9.53 Å². The predicted octanol–water partition coefficient (Wildman–Crippen LogP) is 0.0106. The number of carbonyl (C=O) groups is 1. The average Bonchev–Trinajstić information content (AvgIpc) is 2.06. The number of hydrogen-bond donors (Lipinski definition) is 1. The predicted molar refractivity (Wildman–Crippen MR) is 44.5 cm³/mol. The van der Waals surface area contributed by atoms with Gasteiger partial charge >= 0.3 is 5.97 Å². The van der Waals surface area contributed by atoms with Crippen molar-refractivity contribution in [3.8, 4) is 0 Å². The van der Waals surface area contributed by atoms with Crippen LogP contribution in [0.15, 0.2) is 0 Å². The van der Waals surface area contributed by atoms with Gasteiger partial charge in [0.15, 0.2) is 0 Å². The minimum Gasteiger partial charge on any atom is -0.480 e. The first-order chi connectivity index (χ1) is 5.70. The van der Waals surface area contributed by atoms with Crippen LogP contribution in [0.5, 0.6) is 0 Å². The number of alkyl halides is 1. The summed E-state index contributed by atoms with van der Waals surface area (Å²) >= 11 is 5.57. The second-order valence-corrected chi connectivity index (χ2v) is 3.25. The molecule has 0 bridgehead atoms. The fourth-order valence-electron chi connectivity index (χ4n) is 1.09. The van der Waals surface area contributed by atoms with E-state index in [4.69, 9.17) is 21.4 Å². The summed E-state index contributed by atoms with van der Waals surface area (Å²) < 4.78 is 5.11. The maximum absolute atomic E-state index is 10.4. The summed E-state index contributed by atoms with van der Waals surface area (Å²) in [7, 11) is 0. The lowest BCUT2D eigenvalue weighted by molar-refractivity contribution is -0.137. The molecule has 5 heteroatoms. The number of nitrogens with zero attached hydrogens (tertiary/aromatic N) is 1. The third kappa shape index (κ3) is 2.97. The third-order valence-electron chi connectivity index (χ3n) is 1.79. The van der Waals surface area contributed by atoms with Crippen molar-refractivity contribution in [2.24, 2.45) is 0 Å². The zero-order valence-electron chi connectivity index (χ0n) is 6.70. The molecule has 4 nitrogen and oxygen atoms in total. The van der Waals surface area contributed by atoms with Gasteiger partial charge in [0.05, 0.1) is 13.2 Å². The fourth-order valence-corrected chi connectivity index (χ4v) is 1.28. The molecular formula is C7H12ClNO3. The van der Waals surface area contributed by atoms with Gasteiger partial charge in [-0.2, -0.15) is 0 Å². The minimum atomic E-state index is -0.955. The summed E-state index contributed by atoms with van der Waals surface area (Å²) in [5.74, 6) is -0.955. The maximum Gasteiger partial charge on any atom is 0.322 e. The zero-order chi connectivity index (χ0) is 8.97. The van der Waals surface area contributed by atoms with Crippen LogP contribution >= 0.6 is 11.6 Å². The van der Waals surface area contributed by atoms with Crippen LogP contribution in [-0.4, -0.2) is 54.2 Å². The van der Waals surface area contributed by atoms with Crippen LogP contribution in [0.25, 0.3) is 0 Å². The van der Waals surface area contributed by atoms with Crippen molar-refractivity contribution in [3.05, 3.63) is 0 Å². The largest absolute Gasteiger partial charge is 0.480 e. The molecular weight excluding hydrogens is 182 g/mol. The second-order valence-electron chi connectivity index (χ2n) is 2.72. The van der Waals surface area contributed by atoms with E-state index in [2.05, 4.69) is 0 Å². The molecule has 0 spiro atoms. The Balaban J connectivity index is 2.24. The molecule has 0 aromatic rings. The van der Waals surface area contributed by atoms with Gasteiger partial charge in [-0.1, -0.05) is 0 Å². The summed E-state index contributed by atoms with van der Waals surface area (Å²) in [4.78, 5) is 12.4. The number of ether oxygens (including phenoxy) is 1. The Morgan fingerprint density at radius 3 is 2.67 bits per heavy atom. The summed E-state index contributed by atoms with van der Waals surface area (Å²) in [5, 5.41) is 7.72. The van der Waals surface area contributed by atoms with E-state index in [1.807, 2.05) is 4.90 Å². The van der Waals surface area contributed by atoms with Crippen LogP contribution in [0.1, 0.15) is 0 Å². The highest BCUT2D eigenvalue weighted by Gasteiger charge is 2.19. The Bertz CT molecular complexity index is 159. The first-order valence-electron chi connectivity index (χ1n) is 3.87. The molecule has 0 amide bonds. The van der Waals surface area contributed by atoms with E-state index >= 15 is 0 Å². The monoisotopic (exact) mass is 193 g/mol. The highest BCUT2D eigenvalue weighted by atomic mass is 35.5. The van der Waals surface area contributed by atoms with Gasteiger partial charge in [0, 0.05) is 19.6 Å². The van der Waals surface area contributed by atoms with Gasteiger partial charge in [0.25, 0.3) is 0 Å². The summed E-state index contributed by atoms with van der Waals surface area (Å²) in [5.41, 5.74) is 0. The summed E-state index contributed by atoms with van der Waals surface area (Å²) in [6, 6.07) is 0. The van der Waals surface area contributed by atoms with Crippen LogP contribution in [0, 0.1) is 0 Å². The molecule has 1 N–H and O–H groups in total. The van der Waals surface area contributed by atoms with Crippen molar-refractivity contribution >= 4 is 17.6 Å². The van der Waals surface area contributed by atoms with E-state index in [1.165, 1.54) is 0 Å². The Morgan fingerprint density at radius 1 is 1.58 bits per heavy atom. The fraction of sp³-hybridized carbons (Fsp3) is 0.857. The molecule has 0 saturated carbocycles. The van der Waals surface area contributed by atoms with Crippen LogP contribution in [0.3, 0.4) is 0 Å². The van der Waals surface area contributed by atoms with Gasteiger partial charge in [0.1, 0.15) is 5.38 Å². The highest BCUT2D eigenvalue weighted by molar-refractivity contribution is 6.29. The van der Waals surface area contributed by atoms with E-state index in [-0.39, 0.29) is 0 Å². The molecule has 0 aromatic carbocycles. The van der Waals surface area contributed by atoms with Crippen LogP contribution < -0.4 is 0 Å². The molecule has 0 aliphatic carbocycles. The summed E-state index contributed by atoms with van der Waals surface area (Å²) in [6.07, 6.45) is 0. The van der Waals surface area contributed by atoms with Gasteiger partial charge < -0.3 is 9.84 Å². The summed E-state index contributed by atoms with van der Waals surface area (Å²) in [6.45, 7) is 3.29. The number of carboxylic acid groups (broad SMARTS) is 1. The molecule has 1 unspecified atom stereocenters. The van der Waals surface area contributed by atoms with Gasteiger partial charge in [-0.25, -0.2) is 0 Å². The van der Waals surface area contributed by atoms with Crippen molar-refractivity contribution in [2.45, 2.75) is 5.38 Å². The van der Waals surface area contributed by atoms with E-state index < -0.39 is 11.3 Å². The van der Waals surface area contributed by atoms with Gasteiger partial charge in [-0.15, -0.1) is 11.6 Å². The number of rotatable bonds is 3. The second kappa shape index (κ2) is 4.64. The molecule has 0 aromatic heterocycles. The van der Waals surface area contributed by atoms with Crippen LogP contribution in [0.2, 0.25) is 0 Å². The SMILES string of the molecule is O=C(O)C(Cl)CN1CCOCC1. The van der Waals surface area contributed by atoms with Crippen molar-refractivity contribution < 1.29 is 14.6 Å². The molecule has 1 aliphatic heterocycles. The normalized spacial score (nSPS) is 22.1. The van der Waals surface area contributed by atoms with Crippen molar-refractivity contribution in [3.63, 3.8) is 0 Å². The van der Waals surface area contributed by atoms with Crippen molar-refractivity contribution in [2.75, 3.05) is 32.8 Å². The molecule has 0 radical (unpaired) electrons. The molecule has 12 heavy (non-hydrogen) atoms. The molecule has 1 rings (SSSR count). The maximum atomic E-state index is 10.4. The van der Waals surface area contributed by atoms with Crippen molar-refractivity contribution in [1.29, 1.82) is 0 Å². The smallest absolute Gasteiger partial charge is 0.322 e. The molecule has 1 fully saturated rings. The molecule has 1 aliphatic rings. The third-order valence-corrected chi connectivity index (χ3v) is 2.11. The quantitative estimate of drug-likeness (QED) is 0.642. The number of hydrogen-bond acceptors (Lipinski definition) is 3. The van der Waals surface area contributed by atoms with E-state index in [9.17, 15) is 4.79 Å². The standard InChI is InChI=1S/C7H12ClNO3/c8-6(7(10)11)5-9-1-3-12-4-2-9/h6H,1-5H2,(H,10,11). The topological polar surface area (TPSA) is 49.8 Å². The first-order valence-corrected chi connectivity index (χ1v) is 4.31. The molecule has 1 heterocycles. The van der Waals surface area contributed by atoms with Gasteiger partial charge in [-0.05, 0) is 0 Å². The zero-order valence-corrected chi connectivity index (χ0v) is 7.46. The Hall–Kier alpha value is -0.320. The van der Waals surface area contributed by atoms with E-state index in [0.29, 0.717) is 19.8 Å². The number of carboxylic acids is 1. The van der Waals surface area contributed by atoms with E-state index in [1.54, 1.807) is 0 Å². The number of aliphatic carboxylic acids is 1. The Morgan fingerprint density at radius 2 is 2.17 bits per heavy atom. The van der Waals surface area contributed by atoms with Gasteiger partial charge in [-0.3, -0.25) is 9.69 Å². The lowest BCUT2D eigenvalue weighted by Crippen LogP contribution is -2.41. The number of morpholine rings is 1. The average molecular weight is 194 g/mol.